The molecule has 14 heavy (non-hydrogen) atoms. The SMILES string of the molecule is OB(O)c1sc2cccc(Br)c2c1O. The van der Waals surface area contributed by atoms with E-state index >= 15 is 0 Å². The largest absolute Gasteiger partial charge is 0.507 e. The highest BCUT2D eigenvalue weighted by Crippen LogP contribution is 2.34. The first kappa shape index (κ1) is 9.98. The molecule has 0 aliphatic rings. The van der Waals surface area contributed by atoms with Crippen molar-refractivity contribution in [3.05, 3.63) is 22.7 Å². The Labute approximate surface area is 92.9 Å². The van der Waals surface area contributed by atoms with Crippen molar-refractivity contribution in [3.63, 3.8) is 0 Å². The average molecular weight is 273 g/mol. The van der Waals surface area contributed by atoms with Gasteiger partial charge in [0.1, 0.15) is 5.75 Å². The lowest BCUT2D eigenvalue weighted by atomic mass is 9.88. The number of fused-ring (bicyclic) bond motifs is 1. The second kappa shape index (κ2) is 3.54. The molecule has 0 aliphatic heterocycles. The fraction of sp³-hybridized carbons (Fsp3) is 0. The van der Waals surface area contributed by atoms with Crippen LogP contribution < -0.4 is 4.78 Å². The third-order valence-corrected chi connectivity index (χ3v) is 3.75. The number of hydrogen-bond donors (Lipinski definition) is 3. The number of benzene rings is 1. The smallest absolute Gasteiger partial charge is 0.502 e. The van der Waals surface area contributed by atoms with Crippen molar-refractivity contribution in [1.29, 1.82) is 0 Å². The number of halogens is 1. The van der Waals surface area contributed by atoms with Crippen LogP contribution in [0.3, 0.4) is 0 Å². The summed E-state index contributed by atoms with van der Waals surface area (Å²) in [5.74, 6) is -0.0625. The predicted molar refractivity (Wildman–Crippen MR) is 61.0 cm³/mol. The van der Waals surface area contributed by atoms with Crippen LogP contribution in [0.4, 0.5) is 0 Å². The zero-order valence-corrected chi connectivity index (χ0v) is 9.34. The molecule has 6 heteroatoms. The van der Waals surface area contributed by atoms with Gasteiger partial charge in [-0.15, -0.1) is 11.3 Å². The molecule has 1 aromatic carbocycles. The Morgan fingerprint density at radius 2 is 2.00 bits per heavy atom. The van der Waals surface area contributed by atoms with Crippen molar-refractivity contribution < 1.29 is 15.2 Å². The zero-order valence-electron chi connectivity index (χ0n) is 6.94. The minimum Gasteiger partial charge on any atom is -0.507 e. The van der Waals surface area contributed by atoms with Crippen LogP contribution in [0.2, 0.25) is 0 Å². The molecule has 3 N–H and O–H groups in total. The topological polar surface area (TPSA) is 60.7 Å². The Balaban J connectivity index is 2.81. The summed E-state index contributed by atoms with van der Waals surface area (Å²) in [6.45, 7) is 0. The van der Waals surface area contributed by atoms with Gasteiger partial charge >= 0.3 is 7.12 Å². The van der Waals surface area contributed by atoms with Gasteiger partial charge in [-0.3, -0.25) is 0 Å². The van der Waals surface area contributed by atoms with Crippen LogP contribution in [0.15, 0.2) is 22.7 Å². The molecule has 72 valence electrons. The van der Waals surface area contributed by atoms with E-state index in [0.29, 0.717) is 5.39 Å². The summed E-state index contributed by atoms with van der Waals surface area (Å²) in [6.07, 6.45) is 0. The lowest BCUT2D eigenvalue weighted by Gasteiger charge is -1.95. The van der Waals surface area contributed by atoms with Crippen molar-refractivity contribution in [3.8, 4) is 5.75 Å². The summed E-state index contributed by atoms with van der Waals surface area (Å²) in [5.41, 5.74) is 0. The van der Waals surface area contributed by atoms with E-state index in [-0.39, 0.29) is 10.5 Å². The number of aromatic hydroxyl groups is 1. The van der Waals surface area contributed by atoms with Crippen molar-refractivity contribution in [2.24, 2.45) is 0 Å². The van der Waals surface area contributed by atoms with Gasteiger partial charge in [0.05, 0.1) is 4.78 Å². The second-order valence-electron chi connectivity index (χ2n) is 2.80. The Morgan fingerprint density at radius 1 is 1.29 bits per heavy atom. The summed E-state index contributed by atoms with van der Waals surface area (Å²) in [6, 6.07) is 5.44. The average Bonchev–Trinajstić information content (AvgIpc) is 2.45. The highest BCUT2D eigenvalue weighted by Gasteiger charge is 2.22. The normalized spacial score (nSPS) is 10.8. The molecule has 2 rings (SSSR count). The molecule has 0 amide bonds. The molecule has 0 bridgehead atoms. The maximum absolute atomic E-state index is 9.70. The summed E-state index contributed by atoms with van der Waals surface area (Å²) >= 11 is 4.46. The standard InChI is InChI=1S/C8H6BBrO3S/c10-4-2-1-3-5-6(4)7(11)8(14-5)9(12)13/h1-3,11-13H. The van der Waals surface area contributed by atoms with Gasteiger partial charge in [0.25, 0.3) is 0 Å². The Hall–Kier alpha value is -0.555. The predicted octanol–water partition coefficient (Wildman–Crippen LogP) is 1.05. The lowest BCUT2D eigenvalue weighted by molar-refractivity contribution is 0.422. The molecule has 0 radical (unpaired) electrons. The van der Waals surface area contributed by atoms with E-state index in [1.807, 2.05) is 12.1 Å². The molecule has 1 heterocycles. The van der Waals surface area contributed by atoms with Crippen molar-refractivity contribution in [2.45, 2.75) is 0 Å². The molecular formula is C8H6BBrO3S. The molecule has 0 saturated carbocycles. The van der Waals surface area contributed by atoms with Crippen LogP contribution in [0.5, 0.6) is 5.75 Å². The first-order valence-corrected chi connectivity index (χ1v) is 5.48. The van der Waals surface area contributed by atoms with Gasteiger partial charge in [-0.25, -0.2) is 0 Å². The molecule has 0 unspecified atom stereocenters. The van der Waals surface area contributed by atoms with E-state index in [4.69, 9.17) is 10.0 Å². The van der Waals surface area contributed by atoms with Crippen LogP contribution >= 0.6 is 27.3 Å². The van der Waals surface area contributed by atoms with Crippen LogP contribution in [-0.2, 0) is 0 Å². The third kappa shape index (κ3) is 1.44. The lowest BCUT2D eigenvalue weighted by Crippen LogP contribution is -2.26. The van der Waals surface area contributed by atoms with Crippen LogP contribution in [0.25, 0.3) is 10.1 Å². The summed E-state index contributed by atoms with van der Waals surface area (Å²) in [4.78, 5) is 0. The summed E-state index contributed by atoms with van der Waals surface area (Å²) in [7, 11) is -1.63. The molecule has 3 nitrogen and oxygen atoms in total. The molecule has 0 fully saturated rings. The monoisotopic (exact) mass is 272 g/mol. The van der Waals surface area contributed by atoms with Crippen LogP contribution in [0.1, 0.15) is 0 Å². The quantitative estimate of drug-likeness (QED) is 0.680. The Kier molecular flexibility index (Phi) is 2.53. The van der Waals surface area contributed by atoms with Gasteiger partial charge in [0.2, 0.25) is 0 Å². The maximum atomic E-state index is 9.70. The molecule has 0 aliphatic carbocycles. The van der Waals surface area contributed by atoms with E-state index < -0.39 is 7.12 Å². The third-order valence-electron chi connectivity index (χ3n) is 1.90. The van der Waals surface area contributed by atoms with Crippen molar-refractivity contribution in [2.75, 3.05) is 0 Å². The fourth-order valence-corrected chi connectivity index (χ4v) is 2.97. The van der Waals surface area contributed by atoms with E-state index in [0.717, 1.165) is 9.17 Å². The summed E-state index contributed by atoms with van der Waals surface area (Å²) < 4.78 is 1.74. The van der Waals surface area contributed by atoms with Gasteiger partial charge in [-0.05, 0) is 28.1 Å². The fourth-order valence-electron chi connectivity index (χ4n) is 1.28. The van der Waals surface area contributed by atoms with Crippen LogP contribution in [-0.4, -0.2) is 22.3 Å². The minimum absolute atomic E-state index is 0.0625. The number of rotatable bonds is 1. The highest BCUT2D eigenvalue weighted by atomic mass is 79.9. The molecule has 1 aromatic heterocycles. The minimum atomic E-state index is -1.63. The van der Waals surface area contributed by atoms with E-state index in [2.05, 4.69) is 15.9 Å². The van der Waals surface area contributed by atoms with Gasteiger partial charge in [-0.2, -0.15) is 0 Å². The van der Waals surface area contributed by atoms with Gasteiger partial charge in [-0.1, -0.05) is 6.07 Å². The first-order valence-electron chi connectivity index (χ1n) is 3.87. The molecular weight excluding hydrogens is 267 g/mol. The molecule has 0 spiro atoms. The van der Waals surface area contributed by atoms with E-state index in [9.17, 15) is 5.11 Å². The number of hydrogen-bond acceptors (Lipinski definition) is 4. The molecule has 0 atom stereocenters. The Bertz CT molecular complexity index is 483. The summed E-state index contributed by atoms with van der Waals surface area (Å²) in [5, 5.41) is 28.3. The number of thiophene rings is 1. The zero-order chi connectivity index (χ0) is 10.3. The Morgan fingerprint density at radius 3 is 2.57 bits per heavy atom. The highest BCUT2D eigenvalue weighted by molar-refractivity contribution is 9.10. The maximum Gasteiger partial charge on any atom is 0.502 e. The first-order chi connectivity index (χ1) is 6.61. The van der Waals surface area contributed by atoms with Gasteiger partial charge in [0.15, 0.2) is 0 Å². The van der Waals surface area contributed by atoms with Crippen LogP contribution in [0, 0.1) is 0 Å². The van der Waals surface area contributed by atoms with Gasteiger partial charge in [0, 0.05) is 14.6 Å². The van der Waals surface area contributed by atoms with Crippen molar-refractivity contribution in [1.82, 2.24) is 0 Å². The van der Waals surface area contributed by atoms with Crippen molar-refractivity contribution >= 4 is 49.2 Å². The molecule has 0 saturated heterocycles. The van der Waals surface area contributed by atoms with E-state index in [1.54, 1.807) is 6.07 Å². The van der Waals surface area contributed by atoms with E-state index in [1.165, 1.54) is 11.3 Å². The second-order valence-corrected chi connectivity index (χ2v) is 4.74. The molecule has 2 aromatic rings. The van der Waals surface area contributed by atoms with Gasteiger partial charge < -0.3 is 15.2 Å².